The maximum Gasteiger partial charge on any atom is 0.356 e. The van der Waals surface area contributed by atoms with Gasteiger partial charge >= 0.3 is 5.97 Å². The number of aryl methyl sites for hydroxylation is 2. The van der Waals surface area contributed by atoms with Crippen LogP contribution < -0.4 is 10.1 Å². The van der Waals surface area contributed by atoms with Gasteiger partial charge in [0.25, 0.3) is 0 Å². The first-order chi connectivity index (χ1) is 16.1. The number of esters is 1. The van der Waals surface area contributed by atoms with E-state index in [0.29, 0.717) is 25.1 Å². The monoisotopic (exact) mass is 446 g/mol. The van der Waals surface area contributed by atoms with E-state index >= 15 is 0 Å². The van der Waals surface area contributed by atoms with E-state index in [1.165, 1.54) is 24.9 Å². The zero-order valence-electron chi connectivity index (χ0n) is 19.0. The van der Waals surface area contributed by atoms with E-state index in [4.69, 9.17) is 4.74 Å². The molecule has 0 saturated heterocycles. The molecule has 0 unspecified atom stereocenters. The zero-order chi connectivity index (χ0) is 23.3. The summed E-state index contributed by atoms with van der Waals surface area (Å²) < 4.78 is 10.5. The summed E-state index contributed by atoms with van der Waals surface area (Å²) in [6, 6.07) is 21.5. The topological polar surface area (TPSA) is 77.5 Å². The number of carbonyl (C=O) groups excluding carboxylic acids is 2. The first-order valence-corrected chi connectivity index (χ1v) is 11.2. The van der Waals surface area contributed by atoms with Crippen molar-refractivity contribution in [2.45, 2.75) is 38.5 Å². The molecule has 172 valence electrons. The Morgan fingerprint density at radius 3 is 2.39 bits per heavy atom. The van der Waals surface area contributed by atoms with E-state index < -0.39 is 5.97 Å². The molecule has 0 spiro atoms. The van der Waals surface area contributed by atoms with Gasteiger partial charge in [0.2, 0.25) is 5.91 Å². The number of nitrogens with zero attached hydrogens (tertiary/aromatic N) is 1. The van der Waals surface area contributed by atoms with Crippen LogP contribution in [-0.4, -0.2) is 30.6 Å². The van der Waals surface area contributed by atoms with E-state index in [0.717, 1.165) is 37.0 Å². The third-order valence-corrected chi connectivity index (χ3v) is 5.22. The maximum atomic E-state index is 12.2. The Morgan fingerprint density at radius 1 is 0.879 bits per heavy atom. The largest absolute Gasteiger partial charge is 0.494 e. The van der Waals surface area contributed by atoms with Crippen molar-refractivity contribution in [3.8, 4) is 5.75 Å². The number of nitrogens with one attached hydrogen (secondary N) is 1. The lowest BCUT2D eigenvalue weighted by atomic mass is 10.1. The molecule has 0 bridgehead atoms. The van der Waals surface area contributed by atoms with Gasteiger partial charge in [0.15, 0.2) is 0 Å². The molecule has 0 atom stereocenters. The minimum absolute atomic E-state index is 0.132. The molecule has 0 radical (unpaired) electrons. The van der Waals surface area contributed by atoms with Gasteiger partial charge in [-0.3, -0.25) is 4.79 Å². The molecule has 0 aliphatic heterocycles. The summed E-state index contributed by atoms with van der Waals surface area (Å²) in [5.74, 6) is 0.173. The molecule has 6 heteroatoms. The molecule has 33 heavy (non-hydrogen) atoms. The van der Waals surface area contributed by atoms with Crippen molar-refractivity contribution >= 4 is 17.6 Å². The second-order valence-electron chi connectivity index (χ2n) is 7.76. The van der Waals surface area contributed by atoms with E-state index in [9.17, 15) is 9.59 Å². The van der Waals surface area contributed by atoms with Crippen LogP contribution in [0.2, 0.25) is 0 Å². The fourth-order valence-corrected chi connectivity index (χ4v) is 3.40. The number of methoxy groups -OCH3 is 1. The number of rotatable bonds is 12. The van der Waals surface area contributed by atoms with Crippen LogP contribution in [0.4, 0.5) is 5.69 Å². The predicted molar refractivity (Wildman–Crippen MR) is 128 cm³/mol. The van der Waals surface area contributed by atoms with Crippen molar-refractivity contribution in [3.05, 3.63) is 89.7 Å². The van der Waals surface area contributed by atoms with Gasteiger partial charge < -0.3 is 14.8 Å². The molecule has 0 fully saturated rings. The van der Waals surface area contributed by atoms with Crippen LogP contribution >= 0.6 is 0 Å². The van der Waals surface area contributed by atoms with E-state index in [2.05, 4.69) is 39.3 Å². The van der Waals surface area contributed by atoms with Crippen molar-refractivity contribution in [2.24, 2.45) is 0 Å². The highest BCUT2D eigenvalue weighted by Gasteiger charge is 2.09. The van der Waals surface area contributed by atoms with Crippen molar-refractivity contribution in [3.63, 3.8) is 0 Å². The molecule has 6 nitrogen and oxygen atoms in total. The number of hydrogen-bond donors (Lipinski definition) is 1. The second-order valence-corrected chi connectivity index (χ2v) is 7.76. The number of aromatic nitrogens is 1. The van der Waals surface area contributed by atoms with E-state index in [-0.39, 0.29) is 11.6 Å². The van der Waals surface area contributed by atoms with Crippen LogP contribution in [0.5, 0.6) is 5.75 Å². The van der Waals surface area contributed by atoms with Gasteiger partial charge in [0.05, 0.1) is 13.7 Å². The number of pyridine rings is 1. The fourth-order valence-electron chi connectivity index (χ4n) is 3.40. The number of amides is 1. The standard InChI is InChI=1S/C27H30N2O4/c1-32-27(31)25-20-23(17-18-28-25)29-26(30)16-13-22-11-14-24(15-12-22)33-19-7-3-6-10-21-8-4-2-5-9-21/h2,4-5,8-9,11-12,14-15,17-18,20H,3,6-7,10,13,16,19H2,1H3,(H,28,29,30). The Bertz CT molecular complexity index is 1020. The number of unbranched alkanes of at least 4 members (excludes halogenated alkanes) is 2. The number of ether oxygens (including phenoxy) is 2. The van der Waals surface area contributed by atoms with Crippen LogP contribution in [0.3, 0.4) is 0 Å². The Morgan fingerprint density at radius 2 is 1.64 bits per heavy atom. The normalized spacial score (nSPS) is 10.5. The average molecular weight is 447 g/mol. The molecule has 0 aliphatic carbocycles. The second kappa shape index (κ2) is 13.0. The SMILES string of the molecule is COC(=O)c1cc(NC(=O)CCc2ccc(OCCCCCc3ccccc3)cc2)ccn1. The Hall–Kier alpha value is -3.67. The molecule has 2 aromatic carbocycles. The summed E-state index contributed by atoms with van der Waals surface area (Å²) >= 11 is 0. The minimum Gasteiger partial charge on any atom is -0.494 e. The Balaban J connectivity index is 1.33. The van der Waals surface area contributed by atoms with Crippen LogP contribution in [0.1, 0.15) is 47.3 Å². The highest BCUT2D eigenvalue weighted by molar-refractivity contribution is 5.93. The molecule has 0 saturated carbocycles. The predicted octanol–water partition coefficient (Wildman–Crippen LogP) is 5.23. The number of hydrogen-bond acceptors (Lipinski definition) is 5. The first-order valence-electron chi connectivity index (χ1n) is 11.2. The highest BCUT2D eigenvalue weighted by Crippen LogP contribution is 2.15. The van der Waals surface area contributed by atoms with E-state index in [1.54, 1.807) is 6.07 Å². The van der Waals surface area contributed by atoms with Crippen molar-refractivity contribution < 1.29 is 19.1 Å². The number of carbonyl (C=O) groups is 2. The lowest BCUT2D eigenvalue weighted by Crippen LogP contribution is -2.13. The molecule has 1 heterocycles. The molecule has 3 rings (SSSR count). The molecule has 0 aliphatic rings. The zero-order valence-corrected chi connectivity index (χ0v) is 19.0. The van der Waals surface area contributed by atoms with Gasteiger partial charge in [-0.1, -0.05) is 42.5 Å². The van der Waals surface area contributed by atoms with Gasteiger partial charge in [-0.2, -0.15) is 0 Å². The van der Waals surface area contributed by atoms with Crippen LogP contribution in [0.15, 0.2) is 72.9 Å². The van der Waals surface area contributed by atoms with Gasteiger partial charge in [-0.25, -0.2) is 9.78 Å². The smallest absolute Gasteiger partial charge is 0.356 e. The summed E-state index contributed by atoms with van der Waals surface area (Å²) in [6.07, 6.45) is 6.85. The highest BCUT2D eigenvalue weighted by atomic mass is 16.5. The third-order valence-electron chi connectivity index (χ3n) is 5.22. The number of anilines is 1. The maximum absolute atomic E-state index is 12.2. The van der Waals surface area contributed by atoms with E-state index in [1.807, 2.05) is 30.3 Å². The van der Waals surface area contributed by atoms with Gasteiger partial charge in [-0.15, -0.1) is 0 Å². The van der Waals surface area contributed by atoms with Gasteiger partial charge in [0, 0.05) is 18.3 Å². The molecule has 1 amide bonds. The molecule has 1 aromatic heterocycles. The Labute approximate surface area is 195 Å². The molecule has 3 aromatic rings. The van der Waals surface area contributed by atoms with Gasteiger partial charge in [-0.05, 0) is 67.5 Å². The van der Waals surface area contributed by atoms with Crippen molar-refractivity contribution in [1.29, 1.82) is 0 Å². The van der Waals surface area contributed by atoms with Crippen LogP contribution in [0, 0.1) is 0 Å². The summed E-state index contributed by atoms with van der Waals surface area (Å²) in [7, 11) is 1.29. The minimum atomic E-state index is -0.541. The molecular formula is C27H30N2O4. The van der Waals surface area contributed by atoms with Crippen molar-refractivity contribution in [2.75, 3.05) is 19.0 Å². The quantitative estimate of drug-likeness (QED) is 0.304. The average Bonchev–Trinajstić information content (AvgIpc) is 2.86. The lowest BCUT2D eigenvalue weighted by Gasteiger charge is -2.08. The first kappa shape index (κ1) is 24.0. The third kappa shape index (κ3) is 8.41. The number of benzene rings is 2. The molecular weight excluding hydrogens is 416 g/mol. The van der Waals surface area contributed by atoms with Crippen molar-refractivity contribution in [1.82, 2.24) is 4.98 Å². The Kier molecular flexibility index (Phi) is 9.45. The van der Waals surface area contributed by atoms with Gasteiger partial charge in [0.1, 0.15) is 11.4 Å². The fraction of sp³-hybridized carbons (Fsp3) is 0.296. The van der Waals surface area contributed by atoms with Crippen LogP contribution in [0.25, 0.3) is 0 Å². The summed E-state index contributed by atoms with van der Waals surface area (Å²) in [4.78, 5) is 27.7. The lowest BCUT2D eigenvalue weighted by molar-refractivity contribution is -0.116. The van der Waals surface area contributed by atoms with Crippen LogP contribution in [-0.2, 0) is 22.4 Å². The summed E-state index contributed by atoms with van der Waals surface area (Å²) in [6.45, 7) is 0.704. The summed E-state index contributed by atoms with van der Waals surface area (Å²) in [5.41, 5.74) is 3.12. The molecule has 1 N–H and O–H groups in total. The summed E-state index contributed by atoms with van der Waals surface area (Å²) in [5, 5.41) is 2.79.